The van der Waals surface area contributed by atoms with Crippen LogP contribution >= 0.6 is 15.9 Å². The number of carbonyl (C=O) groups excluding carboxylic acids is 1. The quantitative estimate of drug-likeness (QED) is 0.798. The lowest BCUT2D eigenvalue weighted by atomic mass is 10.0. The van der Waals surface area contributed by atoms with E-state index in [2.05, 4.69) is 21.2 Å². The molecular weight excluding hydrogens is 324 g/mol. The van der Waals surface area contributed by atoms with E-state index in [1.807, 2.05) is 31.5 Å². The molecule has 0 fully saturated rings. The minimum Gasteiger partial charge on any atom is -0.481 e. The summed E-state index contributed by atoms with van der Waals surface area (Å²) in [6, 6.07) is 1.90. The maximum absolute atomic E-state index is 12.2. The van der Waals surface area contributed by atoms with Crippen molar-refractivity contribution >= 4 is 27.8 Å². The fourth-order valence-corrected chi connectivity index (χ4v) is 2.46. The molecule has 0 aliphatic heterocycles. The predicted octanol–water partition coefficient (Wildman–Crippen LogP) is 3.06. The van der Waals surface area contributed by atoms with E-state index in [1.165, 1.54) is 0 Å². The molecule has 0 aliphatic carbocycles. The first-order valence-corrected chi connectivity index (χ1v) is 7.54. The van der Waals surface area contributed by atoms with E-state index in [0.717, 1.165) is 10.9 Å². The van der Waals surface area contributed by atoms with Crippen LogP contribution in [-0.4, -0.2) is 28.1 Å². The van der Waals surface area contributed by atoms with Gasteiger partial charge in [0.1, 0.15) is 5.69 Å². The number of carbonyl (C=O) groups is 2. The Morgan fingerprint density at radius 3 is 2.60 bits per heavy atom. The van der Waals surface area contributed by atoms with Crippen LogP contribution in [0.25, 0.3) is 0 Å². The zero-order valence-corrected chi connectivity index (χ0v) is 13.6. The molecule has 1 aromatic rings. The van der Waals surface area contributed by atoms with Gasteiger partial charge >= 0.3 is 5.97 Å². The van der Waals surface area contributed by atoms with Gasteiger partial charge in [0.05, 0.1) is 5.92 Å². The second kappa shape index (κ2) is 7.47. The van der Waals surface area contributed by atoms with Gasteiger partial charge in [0.25, 0.3) is 5.91 Å². The zero-order chi connectivity index (χ0) is 15.3. The summed E-state index contributed by atoms with van der Waals surface area (Å²) >= 11 is 3.35. The molecular formula is C14H21BrN2O3. The molecule has 1 amide bonds. The van der Waals surface area contributed by atoms with E-state index in [0.29, 0.717) is 12.1 Å². The molecule has 1 atom stereocenters. The normalized spacial score (nSPS) is 12.4. The number of carboxylic acid groups (broad SMARTS) is 1. The van der Waals surface area contributed by atoms with Gasteiger partial charge in [-0.05, 0) is 42.3 Å². The SMILES string of the molecule is CCCC(CNC(=O)c1cc(Br)cn1C(C)C)C(=O)O. The van der Waals surface area contributed by atoms with Gasteiger partial charge in [-0.15, -0.1) is 0 Å². The van der Waals surface area contributed by atoms with Crippen LogP contribution in [0.3, 0.4) is 0 Å². The molecule has 20 heavy (non-hydrogen) atoms. The van der Waals surface area contributed by atoms with Crippen molar-refractivity contribution in [2.45, 2.75) is 39.7 Å². The van der Waals surface area contributed by atoms with Gasteiger partial charge in [-0.25, -0.2) is 0 Å². The molecule has 1 rings (SSSR count). The number of carboxylic acids is 1. The molecule has 1 unspecified atom stereocenters. The molecule has 0 bridgehead atoms. The predicted molar refractivity (Wildman–Crippen MR) is 80.9 cm³/mol. The number of aromatic nitrogens is 1. The molecule has 0 aliphatic rings. The van der Waals surface area contributed by atoms with E-state index >= 15 is 0 Å². The van der Waals surface area contributed by atoms with Gasteiger partial charge in [-0.1, -0.05) is 13.3 Å². The monoisotopic (exact) mass is 344 g/mol. The maximum Gasteiger partial charge on any atom is 0.308 e. The summed E-state index contributed by atoms with van der Waals surface area (Å²) < 4.78 is 2.69. The molecule has 6 heteroatoms. The smallest absolute Gasteiger partial charge is 0.308 e. The van der Waals surface area contributed by atoms with Crippen molar-refractivity contribution in [3.8, 4) is 0 Å². The molecule has 0 radical (unpaired) electrons. The second-order valence-corrected chi connectivity index (χ2v) is 5.99. The summed E-state index contributed by atoms with van der Waals surface area (Å²) in [7, 11) is 0. The molecule has 0 aromatic carbocycles. The first-order chi connectivity index (χ1) is 9.36. The van der Waals surface area contributed by atoms with Crippen LogP contribution in [-0.2, 0) is 4.79 Å². The van der Waals surface area contributed by atoms with E-state index in [-0.39, 0.29) is 18.5 Å². The van der Waals surface area contributed by atoms with Gasteiger partial charge in [-0.2, -0.15) is 0 Å². The first-order valence-electron chi connectivity index (χ1n) is 6.75. The average Bonchev–Trinajstić information content (AvgIpc) is 2.76. The molecule has 0 spiro atoms. The van der Waals surface area contributed by atoms with E-state index in [9.17, 15) is 9.59 Å². The lowest BCUT2D eigenvalue weighted by Crippen LogP contribution is -2.34. The molecule has 1 heterocycles. The lowest BCUT2D eigenvalue weighted by molar-refractivity contribution is -0.141. The zero-order valence-electron chi connectivity index (χ0n) is 12.0. The van der Waals surface area contributed by atoms with Crippen LogP contribution in [0.1, 0.15) is 50.1 Å². The fourth-order valence-electron chi connectivity index (χ4n) is 2.02. The van der Waals surface area contributed by atoms with E-state index in [1.54, 1.807) is 6.07 Å². The van der Waals surface area contributed by atoms with E-state index in [4.69, 9.17) is 5.11 Å². The third kappa shape index (κ3) is 4.37. The Hall–Kier alpha value is -1.30. The number of halogens is 1. The van der Waals surface area contributed by atoms with Crippen LogP contribution in [0.4, 0.5) is 0 Å². The summed E-state index contributed by atoms with van der Waals surface area (Å²) in [5.41, 5.74) is 0.535. The van der Waals surface area contributed by atoms with Crippen molar-refractivity contribution in [1.82, 2.24) is 9.88 Å². The highest BCUT2D eigenvalue weighted by Gasteiger charge is 2.20. The van der Waals surface area contributed by atoms with Crippen LogP contribution < -0.4 is 5.32 Å². The van der Waals surface area contributed by atoms with Crippen molar-refractivity contribution in [1.29, 1.82) is 0 Å². The van der Waals surface area contributed by atoms with Crippen molar-refractivity contribution < 1.29 is 14.7 Å². The summed E-state index contributed by atoms with van der Waals surface area (Å²) in [6.07, 6.45) is 3.19. The number of amides is 1. The van der Waals surface area contributed by atoms with Gasteiger partial charge < -0.3 is 15.0 Å². The van der Waals surface area contributed by atoms with Crippen molar-refractivity contribution in [3.05, 3.63) is 22.4 Å². The fraction of sp³-hybridized carbons (Fsp3) is 0.571. The van der Waals surface area contributed by atoms with Crippen LogP contribution in [0.15, 0.2) is 16.7 Å². The third-order valence-corrected chi connectivity index (χ3v) is 3.53. The minimum atomic E-state index is -0.868. The van der Waals surface area contributed by atoms with Crippen molar-refractivity contribution in [2.75, 3.05) is 6.54 Å². The largest absolute Gasteiger partial charge is 0.481 e. The first kappa shape index (κ1) is 16.8. The number of aliphatic carboxylic acids is 1. The molecule has 112 valence electrons. The summed E-state index contributed by atoms with van der Waals surface area (Å²) in [4.78, 5) is 23.2. The van der Waals surface area contributed by atoms with Crippen LogP contribution in [0.2, 0.25) is 0 Å². The molecule has 0 saturated heterocycles. The van der Waals surface area contributed by atoms with Crippen molar-refractivity contribution in [2.24, 2.45) is 5.92 Å². The third-order valence-electron chi connectivity index (χ3n) is 3.10. The minimum absolute atomic E-state index is 0.156. The highest BCUT2D eigenvalue weighted by molar-refractivity contribution is 9.10. The summed E-state index contributed by atoms with van der Waals surface area (Å²) in [5, 5.41) is 11.8. The Balaban J connectivity index is 2.74. The number of hydrogen-bond donors (Lipinski definition) is 2. The average molecular weight is 345 g/mol. The van der Waals surface area contributed by atoms with Crippen LogP contribution in [0.5, 0.6) is 0 Å². The summed E-state index contributed by atoms with van der Waals surface area (Å²) in [5.74, 6) is -1.64. The van der Waals surface area contributed by atoms with Gasteiger partial charge in [0.2, 0.25) is 0 Å². The van der Waals surface area contributed by atoms with Crippen LogP contribution in [0, 0.1) is 5.92 Å². The Bertz CT molecular complexity index is 483. The van der Waals surface area contributed by atoms with Crippen molar-refractivity contribution in [3.63, 3.8) is 0 Å². The number of hydrogen-bond acceptors (Lipinski definition) is 2. The lowest BCUT2D eigenvalue weighted by Gasteiger charge is -2.15. The van der Waals surface area contributed by atoms with Gasteiger partial charge in [0, 0.05) is 23.3 Å². The Kier molecular flexibility index (Phi) is 6.26. The number of nitrogens with one attached hydrogen (secondary N) is 1. The highest BCUT2D eigenvalue weighted by Crippen LogP contribution is 2.19. The molecule has 5 nitrogen and oxygen atoms in total. The van der Waals surface area contributed by atoms with Gasteiger partial charge in [0.15, 0.2) is 0 Å². The second-order valence-electron chi connectivity index (χ2n) is 5.08. The highest BCUT2D eigenvalue weighted by atomic mass is 79.9. The molecule has 0 saturated carbocycles. The topological polar surface area (TPSA) is 71.3 Å². The number of rotatable bonds is 7. The Morgan fingerprint density at radius 1 is 1.45 bits per heavy atom. The Morgan fingerprint density at radius 2 is 2.10 bits per heavy atom. The number of nitrogens with zero attached hydrogens (tertiary/aromatic N) is 1. The van der Waals surface area contributed by atoms with E-state index < -0.39 is 11.9 Å². The molecule has 1 aromatic heterocycles. The summed E-state index contributed by atoms with van der Waals surface area (Å²) in [6.45, 7) is 6.06. The standard InChI is InChI=1S/C14H21BrN2O3/c1-4-5-10(14(19)20)7-16-13(18)12-6-11(15)8-17(12)9(2)3/h6,8-10H,4-5,7H2,1-3H3,(H,16,18)(H,19,20). The Labute approximate surface area is 127 Å². The molecule has 2 N–H and O–H groups in total. The van der Waals surface area contributed by atoms with Gasteiger partial charge in [-0.3, -0.25) is 9.59 Å². The maximum atomic E-state index is 12.2.